The standard InChI is InChI=1S/C15H22O2/c1-4-15(3)13(10-14(15)16)11-7-6-8-12(9-11)17-5-2/h6-9,13-14,16H,4-5,10H2,1-3H3. The van der Waals surface area contributed by atoms with Gasteiger partial charge in [-0.25, -0.2) is 0 Å². The van der Waals surface area contributed by atoms with Crippen LogP contribution >= 0.6 is 0 Å². The maximum absolute atomic E-state index is 9.94. The minimum absolute atomic E-state index is 0.0326. The number of benzene rings is 1. The summed E-state index contributed by atoms with van der Waals surface area (Å²) < 4.78 is 5.53. The van der Waals surface area contributed by atoms with Gasteiger partial charge in [0.1, 0.15) is 5.75 Å². The van der Waals surface area contributed by atoms with Crippen LogP contribution in [0.5, 0.6) is 5.75 Å². The molecule has 0 amide bonds. The van der Waals surface area contributed by atoms with Gasteiger partial charge in [-0.15, -0.1) is 0 Å². The molecule has 17 heavy (non-hydrogen) atoms. The second kappa shape index (κ2) is 4.69. The quantitative estimate of drug-likeness (QED) is 0.865. The van der Waals surface area contributed by atoms with Gasteiger partial charge in [0.15, 0.2) is 0 Å². The van der Waals surface area contributed by atoms with Crippen LogP contribution in [-0.2, 0) is 0 Å². The molecule has 2 rings (SSSR count). The van der Waals surface area contributed by atoms with Crippen LogP contribution in [-0.4, -0.2) is 17.8 Å². The Bertz CT molecular complexity index is 388. The maximum Gasteiger partial charge on any atom is 0.119 e. The molecule has 3 atom stereocenters. The lowest BCUT2D eigenvalue weighted by Gasteiger charge is -2.51. The molecule has 3 unspecified atom stereocenters. The number of ether oxygens (including phenoxy) is 1. The van der Waals surface area contributed by atoms with Gasteiger partial charge in [0.2, 0.25) is 0 Å². The molecule has 0 spiro atoms. The summed E-state index contributed by atoms with van der Waals surface area (Å²) in [6, 6.07) is 8.30. The molecular formula is C15H22O2. The van der Waals surface area contributed by atoms with E-state index in [0.717, 1.165) is 18.6 Å². The van der Waals surface area contributed by atoms with Crippen molar-refractivity contribution in [2.75, 3.05) is 6.61 Å². The topological polar surface area (TPSA) is 29.5 Å². The van der Waals surface area contributed by atoms with Crippen molar-refractivity contribution in [2.45, 2.75) is 45.6 Å². The van der Waals surface area contributed by atoms with Crippen molar-refractivity contribution in [3.05, 3.63) is 29.8 Å². The zero-order valence-electron chi connectivity index (χ0n) is 10.9. The molecule has 94 valence electrons. The molecule has 2 heteroatoms. The van der Waals surface area contributed by atoms with Crippen molar-refractivity contribution in [3.63, 3.8) is 0 Å². The smallest absolute Gasteiger partial charge is 0.119 e. The third-order valence-electron chi connectivity index (χ3n) is 4.35. The second-order valence-electron chi connectivity index (χ2n) is 5.17. The van der Waals surface area contributed by atoms with Gasteiger partial charge in [0.05, 0.1) is 12.7 Å². The maximum atomic E-state index is 9.94. The summed E-state index contributed by atoms with van der Waals surface area (Å²) in [6.07, 6.45) is 1.73. The first-order chi connectivity index (χ1) is 8.11. The monoisotopic (exact) mass is 234 g/mol. The third kappa shape index (κ3) is 2.06. The Morgan fingerprint density at radius 3 is 2.76 bits per heavy atom. The summed E-state index contributed by atoms with van der Waals surface area (Å²) in [4.78, 5) is 0. The van der Waals surface area contributed by atoms with Gasteiger partial charge in [-0.3, -0.25) is 0 Å². The van der Waals surface area contributed by atoms with Gasteiger partial charge in [-0.1, -0.05) is 26.0 Å². The Balaban J connectivity index is 2.20. The molecule has 0 bridgehead atoms. The van der Waals surface area contributed by atoms with Crippen molar-refractivity contribution >= 4 is 0 Å². The minimum atomic E-state index is -0.159. The average molecular weight is 234 g/mol. The van der Waals surface area contributed by atoms with Crippen LogP contribution < -0.4 is 4.74 Å². The predicted octanol–water partition coefficient (Wildman–Crippen LogP) is 3.35. The molecule has 1 aromatic carbocycles. The molecule has 0 aromatic heterocycles. The van der Waals surface area contributed by atoms with Gasteiger partial charge in [0.25, 0.3) is 0 Å². The van der Waals surface area contributed by atoms with E-state index in [2.05, 4.69) is 26.0 Å². The number of rotatable bonds is 4. The lowest BCUT2D eigenvalue weighted by molar-refractivity contribution is -0.0778. The fourth-order valence-corrected chi connectivity index (χ4v) is 2.82. The molecule has 1 aliphatic rings. The fraction of sp³-hybridized carbons (Fsp3) is 0.600. The summed E-state index contributed by atoms with van der Waals surface area (Å²) in [7, 11) is 0. The van der Waals surface area contributed by atoms with Crippen LogP contribution in [0.4, 0.5) is 0 Å². The zero-order chi connectivity index (χ0) is 12.5. The Morgan fingerprint density at radius 2 is 2.18 bits per heavy atom. The molecule has 1 aliphatic carbocycles. The number of hydrogen-bond acceptors (Lipinski definition) is 2. The molecule has 1 saturated carbocycles. The van der Waals surface area contributed by atoms with Crippen molar-refractivity contribution in [3.8, 4) is 5.75 Å². The first-order valence-corrected chi connectivity index (χ1v) is 6.52. The SMILES string of the molecule is CCOc1cccc(C2CC(O)C2(C)CC)c1. The average Bonchev–Trinajstić information content (AvgIpc) is 2.35. The van der Waals surface area contributed by atoms with Crippen LogP contribution in [0.1, 0.15) is 45.1 Å². The van der Waals surface area contributed by atoms with E-state index in [0.29, 0.717) is 12.5 Å². The molecule has 0 aliphatic heterocycles. The highest BCUT2D eigenvalue weighted by atomic mass is 16.5. The third-order valence-corrected chi connectivity index (χ3v) is 4.35. The van der Waals surface area contributed by atoms with Gasteiger partial charge in [-0.2, -0.15) is 0 Å². The van der Waals surface area contributed by atoms with E-state index in [1.807, 2.05) is 19.1 Å². The highest BCUT2D eigenvalue weighted by Crippen LogP contribution is 2.55. The summed E-state index contributed by atoms with van der Waals surface area (Å²) in [5.74, 6) is 1.40. The molecule has 0 heterocycles. The first kappa shape index (κ1) is 12.4. The van der Waals surface area contributed by atoms with Crippen LogP contribution in [0.25, 0.3) is 0 Å². The highest BCUT2D eigenvalue weighted by Gasteiger charge is 2.49. The van der Waals surface area contributed by atoms with E-state index in [1.165, 1.54) is 5.56 Å². The molecule has 1 N–H and O–H groups in total. The summed E-state index contributed by atoms with van der Waals surface area (Å²) >= 11 is 0. The van der Waals surface area contributed by atoms with E-state index in [-0.39, 0.29) is 11.5 Å². The van der Waals surface area contributed by atoms with Crippen molar-refractivity contribution in [1.82, 2.24) is 0 Å². The Morgan fingerprint density at radius 1 is 1.41 bits per heavy atom. The lowest BCUT2D eigenvalue weighted by atomic mass is 9.55. The zero-order valence-corrected chi connectivity index (χ0v) is 10.9. The fourth-order valence-electron chi connectivity index (χ4n) is 2.82. The van der Waals surface area contributed by atoms with E-state index < -0.39 is 0 Å². The minimum Gasteiger partial charge on any atom is -0.494 e. The van der Waals surface area contributed by atoms with E-state index in [4.69, 9.17) is 4.74 Å². The number of hydrogen-bond donors (Lipinski definition) is 1. The van der Waals surface area contributed by atoms with Crippen molar-refractivity contribution in [2.24, 2.45) is 5.41 Å². The van der Waals surface area contributed by atoms with Gasteiger partial charge in [-0.05, 0) is 43.4 Å². The molecule has 0 saturated heterocycles. The van der Waals surface area contributed by atoms with Crippen LogP contribution in [0, 0.1) is 5.41 Å². The molecule has 0 radical (unpaired) electrons. The molecule has 2 nitrogen and oxygen atoms in total. The summed E-state index contributed by atoms with van der Waals surface area (Å²) in [6.45, 7) is 7.03. The first-order valence-electron chi connectivity index (χ1n) is 6.52. The summed E-state index contributed by atoms with van der Waals surface area (Å²) in [5, 5.41) is 9.94. The number of aliphatic hydroxyl groups is 1. The van der Waals surface area contributed by atoms with Gasteiger partial charge in [0, 0.05) is 5.41 Å². The van der Waals surface area contributed by atoms with E-state index >= 15 is 0 Å². The normalized spacial score (nSPS) is 32.0. The van der Waals surface area contributed by atoms with E-state index in [1.54, 1.807) is 0 Å². The van der Waals surface area contributed by atoms with Crippen LogP contribution in [0.2, 0.25) is 0 Å². The molecular weight excluding hydrogens is 212 g/mol. The van der Waals surface area contributed by atoms with E-state index in [9.17, 15) is 5.11 Å². The Hall–Kier alpha value is -1.02. The lowest BCUT2D eigenvalue weighted by Crippen LogP contribution is -2.49. The predicted molar refractivity (Wildman–Crippen MR) is 69.4 cm³/mol. The number of aliphatic hydroxyl groups excluding tert-OH is 1. The van der Waals surface area contributed by atoms with Crippen molar-refractivity contribution in [1.29, 1.82) is 0 Å². The van der Waals surface area contributed by atoms with Crippen LogP contribution in [0.15, 0.2) is 24.3 Å². The van der Waals surface area contributed by atoms with Crippen molar-refractivity contribution < 1.29 is 9.84 Å². The molecule has 1 fully saturated rings. The highest BCUT2D eigenvalue weighted by molar-refractivity contribution is 5.34. The van der Waals surface area contributed by atoms with Gasteiger partial charge < -0.3 is 9.84 Å². The second-order valence-corrected chi connectivity index (χ2v) is 5.17. The Labute approximate surface area is 104 Å². The van der Waals surface area contributed by atoms with Crippen LogP contribution in [0.3, 0.4) is 0 Å². The Kier molecular flexibility index (Phi) is 3.43. The molecule has 1 aromatic rings. The summed E-state index contributed by atoms with van der Waals surface area (Å²) in [5.41, 5.74) is 1.33. The largest absolute Gasteiger partial charge is 0.494 e. The van der Waals surface area contributed by atoms with Gasteiger partial charge >= 0.3 is 0 Å².